The molecule has 0 aromatic rings. The molecule has 0 aromatic heterocycles. The molecular weight excluding hydrogens is 210 g/mol. The Morgan fingerprint density at radius 2 is 2.27 bits per heavy atom. The molecule has 0 N–H and O–H groups in total. The average Bonchev–Trinajstić information content (AvgIpc) is 2.07. The summed E-state index contributed by atoms with van der Waals surface area (Å²) in [4.78, 5) is 13.5. The summed E-state index contributed by atoms with van der Waals surface area (Å²) in [5.41, 5.74) is 0. The highest BCUT2D eigenvalue weighted by Gasteiger charge is 2.36. The van der Waals surface area contributed by atoms with Crippen molar-refractivity contribution in [3.8, 4) is 0 Å². The third kappa shape index (κ3) is 1.29. The Labute approximate surface area is 73.8 Å². The Morgan fingerprint density at radius 1 is 1.55 bits per heavy atom. The van der Waals surface area contributed by atoms with Crippen LogP contribution in [0.2, 0.25) is 0 Å². The fraction of sp³-hybridized carbons (Fsp3) is 0.857. The van der Waals surface area contributed by atoms with Crippen molar-refractivity contribution in [1.29, 1.82) is 0 Å². The minimum absolute atomic E-state index is 0.264. The molecule has 1 atom stereocenters. The second kappa shape index (κ2) is 2.75. The molecule has 0 radical (unpaired) electrons. The normalized spacial score (nSPS) is 32.6. The topological polar surface area (TPSA) is 29.5 Å². The van der Waals surface area contributed by atoms with Crippen molar-refractivity contribution in [3.63, 3.8) is 0 Å². The molecule has 0 spiro atoms. The molecular formula is C7H10BrNO2. The number of hydrogen-bond donors (Lipinski definition) is 0. The Morgan fingerprint density at radius 3 is 2.64 bits per heavy atom. The molecule has 3 nitrogen and oxygen atoms in total. The summed E-state index contributed by atoms with van der Waals surface area (Å²) in [7, 11) is 0. The zero-order valence-electron chi connectivity index (χ0n) is 6.12. The maximum Gasteiger partial charge on any atom is 0.224 e. The number of amides is 1. The van der Waals surface area contributed by atoms with Crippen molar-refractivity contribution in [2.24, 2.45) is 0 Å². The summed E-state index contributed by atoms with van der Waals surface area (Å²) >= 11 is 3.44. The van der Waals surface area contributed by atoms with E-state index in [9.17, 15) is 4.79 Å². The van der Waals surface area contributed by atoms with Gasteiger partial charge in [-0.1, -0.05) is 15.9 Å². The van der Waals surface area contributed by atoms with Gasteiger partial charge in [0.25, 0.3) is 0 Å². The molecule has 2 aliphatic rings. The van der Waals surface area contributed by atoms with Crippen molar-refractivity contribution in [2.75, 3.05) is 19.8 Å². The van der Waals surface area contributed by atoms with Gasteiger partial charge in [0.05, 0.1) is 19.3 Å². The lowest BCUT2D eigenvalue weighted by Gasteiger charge is -2.34. The zero-order valence-corrected chi connectivity index (χ0v) is 7.71. The molecule has 2 rings (SSSR count). The molecule has 0 aliphatic carbocycles. The van der Waals surface area contributed by atoms with E-state index < -0.39 is 0 Å². The van der Waals surface area contributed by atoms with Crippen LogP contribution in [-0.2, 0) is 9.53 Å². The summed E-state index contributed by atoms with van der Waals surface area (Å²) in [5.74, 6) is 0.264. The van der Waals surface area contributed by atoms with E-state index in [1.165, 1.54) is 0 Å². The molecule has 2 aliphatic heterocycles. The first-order chi connectivity index (χ1) is 5.27. The Hall–Kier alpha value is -0.0900. The Kier molecular flexibility index (Phi) is 1.89. The van der Waals surface area contributed by atoms with Crippen molar-refractivity contribution >= 4 is 21.8 Å². The maximum absolute atomic E-state index is 11.3. The minimum Gasteiger partial charge on any atom is -0.377 e. The van der Waals surface area contributed by atoms with Crippen LogP contribution in [-0.4, -0.2) is 41.4 Å². The average molecular weight is 220 g/mol. The highest BCUT2D eigenvalue weighted by atomic mass is 79.9. The van der Waals surface area contributed by atoms with Crippen LogP contribution in [0.4, 0.5) is 0 Å². The molecule has 2 fully saturated rings. The number of alkyl halides is 1. The third-order valence-corrected chi connectivity index (χ3v) is 2.79. The van der Waals surface area contributed by atoms with Crippen LogP contribution < -0.4 is 0 Å². The molecule has 0 bridgehead atoms. The van der Waals surface area contributed by atoms with Crippen molar-refractivity contribution in [1.82, 2.24) is 4.90 Å². The van der Waals surface area contributed by atoms with Gasteiger partial charge in [0.1, 0.15) is 0 Å². The summed E-state index contributed by atoms with van der Waals surface area (Å²) < 4.78 is 5.02. The fourth-order valence-electron chi connectivity index (χ4n) is 1.44. The number of carbonyl (C=O) groups is 1. The molecule has 0 saturated carbocycles. The smallest absolute Gasteiger partial charge is 0.224 e. The lowest BCUT2D eigenvalue weighted by atomic mass is 10.2. The zero-order chi connectivity index (χ0) is 7.84. The fourth-order valence-corrected chi connectivity index (χ4v) is 2.03. The lowest BCUT2D eigenvalue weighted by Crippen LogP contribution is -2.49. The highest BCUT2D eigenvalue weighted by molar-refractivity contribution is 9.09. The third-order valence-electron chi connectivity index (χ3n) is 2.17. The number of hydrogen-bond acceptors (Lipinski definition) is 2. The maximum atomic E-state index is 11.3. The number of rotatable bonds is 1. The first-order valence-electron chi connectivity index (χ1n) is 3.78. The van der Waals surface area contributed by atoms with E-state index in [0.717, 1.165) is 19.8 Å². The van der Waals surface area contributed by atoms with Gasteiger partial charge >= 0.3 is 0 Å². The van der Waals surface area contributed by atoms with Crippen LogP contribution in [0.3, 0.4) is 0 Å². The highest BCUT2D eigenvalue weighted by Crippen LogP contribution is 2.23. The predicted octanol–water partition coefficient (Wildman–Crippen LogP) is 0.381. The van der Waals surface area contributed by atoms with E-state index in [-0.39, 0.29) is 5.91 Å². The van der Waals surface area contributed by atoms with Crippen LogP contribution in [0.5, 0.6) is 0 Å². The van der Waals surface area contributed by atoms with Crippen molar-refractivity contribution < 1.29 is 9.53 Å². The predicted molar refractivity (Wildman–Crippen MR) is 43.7 cm³/mol. The van der Waals surface area contributed by atoms with E-state index in [2.05, 4.69) is 15.9 Å². The molecule has 4 heteroatoms. The lowest BCUT2D eigenvalue weighted by molar-refractivity contribution is -0.139. The molecule has 1 unspecified atom stereocenters. The SMILES string of the molecule is O=C1CC(Br)CN1C1COC1. The summed E-state index contributed by atoms with van der Waals surface area (Å²) in [5, 5.41) is 0. The van der Waals surface area contributed by atoms with Crippen molar-refractivity contribution in [2.45, 2.75) is 17.3 Å². The molecule has 62 valence electrons. The first kappa shape index (κ1) is 7.55. The van der Waals surface area contributed by atoms with Crippen LogP contribution in [0.25, 0.3) is 0 Å². The van der Waals surface area contributed by atoms with Gasteiger partial charge < -0.3 is 9.64 Å². The number of nitrogens with zero attached hydrogens (tertiary/aromatic N) is 1. The molecule has 11 heavy (non-hydrogen) atoms. The number of carbonyl (C=O) groups excluding carboxylic acids is 1. The molecule has 0 aromatic carbocycles. The van der Waals surface area contributed by atoms with Gasteiger partial charge in [-0.2, -0.15) is 0 Å². The van der Waals surface area contributed by atoms with Crippen LogP contribution in [0, 0.1) is 0 Å². The van der Waals surface area contributed by atoms with Crippen LogP contribution in [0.1, 0.15) is 6.42 Å². The van der Waals surface area contributed by atoms with Gasteiger partial charge in [0.2, 0.25) is 5.91 Å². The van der Waals surface area contributed by atoms with Gasteiger partial charge in [0.15, 0.2) is 0 Å². The second-order valence-electron chi connectivity index (χ2n) is 3.04. The van der Waals surface area contributed by atoms with Gasteiger partial charge in [-0.25, -0.2) is 0 Å². The van der Waals surface area contributed by atoms with Gasteiger partial charge in [-0.3, -0.25) is 4.79 Å². The Bertz CT molecular complexity index is 181. The van der Waals surface area contributed by atoms with Crippen LogP contribution >= 0.6 is 15.9 Å². The minimum atomic E-state index is 0.264. The first-order valence-corrected chi connectivity index (χ1v) is 4.70. The van der Waals surface area contributed by atoms with Gasteiger partial charge in [-0.05, 0) is 0 Å². The molecule has 2 heterocycles. The molecule has 2 saturated heterocycles. The quantitative estimate of drug-likeness (QED) is 0.598. The van der Waals surface area contributed by atoms with Crippen LogP contribution in [0.15, 0.2) is 0 Å². The monoisotopic (exact) mass is 219 g/mol. The number of halogens is 1. The van der Waals surface area contributed by atoms with Gasteiger partial charge in [0, 0.05) is 17.8 Å². The summed E-state index contributed by atoms with van der Waals surface area (Å²) in [6.07, 6.45) is 0.649. The van der Waals surface area contributed by atoms with Crippen molar-refractivity contribution in [3.05, 3.63) is 0 Å². The van der Waals surface area contributed by atoms with E-state index in [1.54, 1.807) is 0 Å². The van der Waals surface area contributed by atoms with E-state index >= 15 is 0 Å². The second-order valence-corrected chi connectivity index (χ2v) is 4.33. The number of likely N-dealkylation sites (tertiary alicyclic amines) is 1. The van der Waals surface area contributed by atoms with E-state index in [0.29, 0.717) is 17.3 Å². The Balaban J connectivity index is 1.97. The summed E-state index contributed by atoms with van der Waals surface area (Å²) in [6, 6.07) is 0.366. The largest absolute Gasteiger partial charge is 0.377 e. The van der Waals surface area contributed by atoms with E-state index in [1.807, 2.05) is 4.90 Å². The molecule has 1 amide bonds. The summed E-state index contributed by atoms with van der Waals surface area (Å²) in [6.45, 7) is 2.31. The standard InChI is InChI=1S/C7H10BrNO2/c8-5-1-7(10)9(2-5)6-3-11-4-6/h5-6H,1-4H2. The van der Waals surface area contributed by atoms with Gasteiger partial charge in [-0.15, -0.1) is 0 Å². The van der Waals surface area contributed by atoms with E-state index in [4.69, 9.17) is 4.74 Å². The number of ether oxygens (including phenoxy) is 1.